The Morgan fingerprint density at radius 3 is 2.71 bits per heavy atom. The number of hydrogen-bond acceptors (Lipinski definition) is 4. The van der Waals surface area contributed by atoms with Crippen molar-refractivity contribution in [2.45, 2.75) is 17.4 Å². The van der Waals surface area contributed by atoms with Crippen LogP contribution in [0.2, 0.25) is 5.02 Å². The first-order valence-electron chi connectivity index (χ1n) is 5.96. The molecule has 0 unspecified atom stereocenters. The molecule has 116 valence electrons. The van der Waals surface area contributed by atoms with Gasteiger partial charge in [-0.25, -0.2) is 17.6 Å². The third-order valence-electron chi connectivity index (χ3n) is 3.10. The molecule has 0 radical (unpaired) electrons. The number of halogens is 2. The molecule has 2 rings (SSSR count). The van der Waals surface area contributed by atoms with Crippen molar-refractivity contribution in [1.29, 1.82) is 0 Å². The van der Waals surface area contributed by atoms with Gasteiger partial charge in [0.15, 0.2) is 5.82 Å². The van der Waals surface area contributed by atoms with Crippen molar-refractivity contribution in [3.63, 3.8) is 0 Å². The van der Waals surface area contributed by atoms with E-state index in [0.717, 1.165) is 10.4 Å². The number of ether oxygens (including phenoxy) is 1. The number of carboxylic acid groups (broad SMARTS) is 1. The average molecular weight is 338 g/mol. The Balaban J connectivity index is 2.14. The lowest BCUT2D eigenvalue weighted by molar-refractivity contribution is -0.157. The molecule has 1 aromatic carbocycles. The van der Waals surface area contributed by atoms with Crippen LogP contribution in [0.15, 0.2) is 23.1 Å². The van der Waals surface area contributed by atoms with Crippen molar-refractivity contribution in [2.75, 3.05) is 19.7 Å². The molecule has 0 amide bonds. The van der Waals surface area contributed by atoms with Gasteiger partial charge in [-0.05, 0) is 19.1 Å². The molecule has 9 heteroatoms. The Morgan fingerprint density at radius 1 is 1.52 bits per heavy atom. The third kappa shape index (κ3) is 3.18. The minimum Gasteiger partial charge on any atom is -0.480 e. The van der Waals surface area contributed by atoms with Crippen LogP contribution in [0.4, 0.5) is 4.39 Å². The molecule has 21 heavy (non-hydrogen) atoms. The quantitative estimate of drug-likeness (QED) is 0.876. The summed E-state index contributed by atoms with van der Waals surface area (Å²) in [6, 6.07) is 3.73. The van der Waals surface area contributed by atoms with Crippen LogP contribution in [0, 0.1) is 5.82 Å². The van der Waals surface area contributed by atoms with Gasteiger partial charge in [0.2, 0.25) is 10.0 Å². The lowest BCUT2D eigenvalue weighted by atomic mass is 10.0. The summed E-state index contributed by atoms with van der Waals surface area (Å²) in [6.07, 6.45) is 0. The first kappa shape index (κ1) is 16.2. The zero-order chi connectivity index (χ0) is 15.8. The van der Waals surface area contributed by atoms with Crippen molar-refractivity contribution in [3.05, 3.63) is 29.0 Å². The van der Waals surface area contributed by atoms with E-state index in [1.54, 1.807) is 6.92 Å². The summed E-state index contributed by atoms with van der Waals surface area (Å²) in [5.74, 6) is -2.14. The van der Waals surface area contributed by atoms with Gasteiger partial charge in [0.05, 0.1) is 10.6 Å². The Morgan fingerprint density at radius 2 is 2.14 bits per heavy atom. The predicted octanol–water partition coefficient (Wildman–Crippen LogP) is 1.34. The summed E-state index contributed by atoms with van der Waals surface area (Å²) in [4.78, 5) is 9.94. The monoisotopic (exact) mass is 337 g/mol. The molecule has 1 fully saturated rings. The van der Waals surface area contributed by atoms with Gasteiger partial charge in [-0.15, -0.1) is 0 Å². The first-order chi connectivity index (χ1) is 9.66. The van der Waals surface area contributed by atoms with E-state index in [9.17, 15) is 17.6 Å². The van der Waals surface area contributed by atoms with E-state index in [0.29, 0.717) is 0 Å². The van der Waals surface area contributed by atoms with Crippen LogP contribution in [-0.2, 0) is 19.6 Å². The number of benzene rings is 1. The molecule has 0 spiro atoms. The Hall–Kier alpha value is -1.22. The van der Waals surface area contributed by atoms with Crippen molar-refractivity contribution >= 4 is 27.6 Å². The van der Waals surface area contributed by atoms with Gasteiger partial charge in [-0.3, -0.25) is 0 Å². The highest BCUT2D eigenvalue weighted by atomic mass is 35.5. The van der Waals surface area contributed by atoms with Gasteiger partial charge in [-0.1, -0.05) is 17.7 Å². The maximum absolute atomic E-state index is 13.8. The molecule has 1 aliphatic rings. The minimum absolute atomic E-state index is 0.0471. The van der Waals surface area contributed by atoms with E-state index in [1.807, 2.05) is 0 Å². The fraction of sp³-hybridized carbons (Fsp3) is 0.417. The van der Waals surface area contributed by atoms with E-state index in [4.69, 9.17) is 21.4 Å². The summed E-state index contributed by atoms with van der Waals surface area (Å²) in [7, 11) is -4.02. The normalized spacial score (nSPS) is 18.2. The Kier molecular flexibility index (Phi) is 4.25. The fourth-order valence-corrected chi connectivity index (χ4v) is 4.00. The summed E-state index contributed by atoms with van der Waals surface area (Å²) in [6.45, 7) is 0.981. The lowest BCUT2D eigenvalue weighted by Crippen LogP contribution is -2.63. The summed E-state index contributed by atoms with van der Waals surface area (Å²) in [5.41, 5.74) is -0.888. The molecule has 1 saturated heterocycles. The molecule has 6 nitrogen and oxygen atoms in total. The SMILES string of the molecule is CC1(OCC(=O)O)CN(S(=O)(=O)c2cccc(Cl)c2F)C1. The van der Waals surface area contributed by atoms with E-state index in [2.05, 4.69) is 0 Å². The van der Waals surface area contributed by atoms with Crippen molar-refractivity contribution in [1.82, 2.24) is 4.31 Å². The van der Waals surface area contributed by atoms with E-state index in [-0.39, 0.29) is 18.1 Å². The topological polar surface area (TPSA) is 83.9 Å². The maximum atomic E-state index is 13.8. The molecule has 0 aliphatic carbocycles. The summed E-state index contributed by atoms with van der Waals surface area (Å²) >= 11 is 5.58. The van der Waals surface area contributed by atoms with Crippen LogP contribution in [0.5, 0.6) is 0 Å². The van der Waals surface area contributed by atoms with Crippen molar-refractivity contribution in [3.8, 4) is 0 Å². The van der Waals surface area contributed by atoms with Crippen LogP contribution >= 0.6 is 11.6 Å². The average Bonchev–Trinajstić information content (AvgIpc) is 2.36. The number of sulfonamides is 1. The van der Waals surface area contributed by atoms with Crippen molar-refractivity contribution in [2.24, 2.45) is 0 Å². The number of nitrogens with zero attached hydrogens (tertiary/aromatic N) is 1. The van der Waals surface area contributed by atoms with E-state index >= 15 is 0 Å². The van der Waals surface area contributed by atoms with Gasteiger partial charge >= 0.3 is 5.97 Å². The zero-order valence-corrected chi connectivity index (χ0v) is 12.6. The van der Waals surface area contributed by atoms with Crippen LogP contribution < -0.4 is 0 Å². The number of rotatable bonds is 5. The Labute approximate surface area is 126 Å². The van der Waals surface area contributed by atoms with E-state index in [1.165, 1.54) is 12.1 Å². The van der Waals surface area contributed by atoms with Gasteiger partial charge in [0, 0.05) is 13.1 Å². The fourth-order valence-electron chi connectivity index (χ4n) is 2.02. The maximum Gasteiger partial charge on any atom is 0.329 e. The molecule has 1 heterocycles. The number of carbonyl (C=O) groups is 1. The zero-order valence-electron chi connectivity index (χ0n) is 11.0. The second-order valence-corrected chi connectivity index (χ2v) is 7.27. The molecule has 1 aliphatic heterocycles. The molecule has 0 saturated carbocycles. The second kappa shape index (κ2) is 5.53. The highest BCUT2D eigenvalue weighted by molar-refractivity contribution is 7.89. The van der Waals surface area contributed by atoms with Crippen LogP contribution in [0.25, 0.3) is 0 Å². The Bertz CT molecular complexity index is 672. The van der Waals surface area contributed by atoms with Crippen molar-refractivity contribution < 1.29 is 27.4 Å². The standard InChI is InChI=1S/C12H13ClFNO5S/c1-12(20-5-10(16)17)6-15(7-12)21(18,19)9-4-2-3-8(13)11(9)14/h2-4H,5-7H2,1H3,(H,16,17). The predicted molar refractivity (Wildman–Crippen MR) is 72.2 cm³/mol. The van der Waals surface area contributed by atoms with E-state index < -0.39 is 38.9 Å². The highest BCUT2D eigenvalue weighted by Gasteiger charge is 2.47. The highest BCUT2D eigenvalue weighted by Crippen LogP contribution is 2.32. The van der Waals surface area contributed by atoms with Gasteiger partial charge in [-0.2, -0.15) is 4.31 Å². The first-order valence-corrected chi connectivity index (χ1v) is 7.77. The molecule has 0 aromatic heterocycles. The van der Waals surface area contributed by atoms with Gasteiger partial charge < -0.3 is 9.84 Å². The second-order valence-electron chi connectivity index (χ2n) is 4.96. The molecular formula is C12H13ClFNO5S. The minimum atomic E-state index is -4.02. The molecule has 1 aromatic rings. The molecule has 1 N–H and O–H groups in total. The molecule has 0 bridgehead atoms. The van der Waals surface area contributed by atoms with Gasteiger partial charge in [0.1, 0.15) is 11.5 Å². The smallest absolute Gasteiger partial charge is 0.329 e. The van der Waals surface area contributed by atoms with Gasteiger partial charge in [0.25, 0.3) is 0 Å². The summed E-state index contributed by atoms with van der Waals surface area (Å²) < 4.78 is 44.5. The van der Waals surface area contributed by atoms with Crippen LogP contribution in [0.1, 0.15) is 6.92 Å². The molecular weight excluding hydrogens is 325 g/mol. The third-order valence-corrected chi connectivity index (χ3v) is 5.20. The molecule has 0 atom stereocenters. The number of aliphatic carboxylic acids is 1. The number of carboxylic acids is 1. The largest absolute Gasteiger partial charge is 0.480 e. The van der Waals surface area contributed by atoms with Crippen LogP contribution in [-0.4, -0.2) is 49.1 Å². The number of hydrogen-bond donors (Lipinski definition) is 1. The summed E-state index contributed by atoms with van der Waals surface area (Å²) in [5, 5.41) is 8.27. The lowest BCUT2D eigenvalue weighted by Gasteiger charge is -2.46. The van der Waals surface area contributed by atoms with Crippen LogP contribution in [0.3, 0.4) is 0 Å².